The van der Waals surface area contributed by atoms with Gasteiger partial charge in [0.25, 0.3) is 5.91 Å². The van der Waals surface area contributed by atoms with Crippen LogP contribution < -0.4 is 20.7 Å². The van der Waals surface area contributed by atoms with E-state index in [0.717, 1.165) is 0 Å². The Hall–Kier alpha value is -2.35. The van der Waals surface area contributed by atoms with Gasteiger partial charge in [0.2, 0.25) is 6.79 Å². The second kappa shape index (κ2) is 7.17. The van der Waals surface area contributed by atoms with Crippen LogP contribution in [-0.2, 0) is 9.53 Å². The number of carbonyl (C=O) groups excluding carboxylic acids is 2. The summed E-state index contributed by atoms with van der Waals surface area (Å²) in [7, 11) is 1.41. The van der Waals surface area contributed by atoms with E-state index >= 15 is 0 Å². The third-order valence-electron chi connectivity index (χ3n) is 2.15. The Morgan fingerprint density at radius 2 is 2.21 bits per heavy atom. The molecule has 0 fully saturated rings. The third kappa shape index (κ3) is 3.81. The molecule has 0 aliphatic carbocycles. The van der Waals surface area contributed by atoms with Gasteiger partial charge in [-0.1, -0.05) is 6.92 Å². The molecule has 0 aliphatic heterocycles. The summed E-state index contributed by atoms with van der Waals surface area (Å²) in [5, 5.41) is 0. The van der Waals surface area contributed by atoms with Gasteiger partial charge in [0, 0.05) is 18.7 Å². The molecular weight excluding hydrogens is 254 g/mol. The zero-order valence-electron chi connectivity index (χ0n) is 10.6. The molecule has 1 heterocycles. The van der Waals surface area contributed by atoms with E-state index in [1.54, 1.807) is 6.92 Å². The van der Waals surface area contributed by atoms with E-state index in [1.165, 1.54) is 19.4 Å². The van der Waals surface area contributed by atoms with Crippen molar-refractivity contribution < 1.29 is 23.8 Å². The molecule has 0 unspecified atom stereocenters. The molecule has 1 aromatic heterocycles. The lowest BCUT2D eigenvalue weighted by Gasteiger charge is -2.13. The molecule has 3 N–H and O–H groups in total. The summed E-state index contributed by atoms with van der Waals surface area (Å²) in [6.45, 7) is 1.31. The molecule has 0 bridgehead atoms. The number of methoxy groups -OCH3 is 1. The van der Waals surface area contributed by atoms with Gasteiger partial charge < -0.3 is 14.2 Å². The van der Waals surface area contributed by atoms with Crippen LogP contribution >= 0.6 is 0 Å². The van der Waals surface area contributed by atoms with Crippen molar-refractivity contribution in [3.8, 4) is 11.5 Å². The first-order valence-corrected chi connectivity index (χ1v) is 5.46. The first kappa shape index (κ1) is 14.7. The summed E-state index contributed by atoms with van der Waals surface area (Å²) in [5.41, 5.74) is 1.88. The van der Waals surface area contributed by atoms with E-state index in [2.05, 4.69) is 4.98 Å². The Kier molecular flexibility index (Phi) is 5.55. The average molecular weight is 269 g/mol. The van der Waals surface area contributed by atoms with Gasteiger partial charge in [0.15, 0.2) is 17.2 Å². The van der Waals surface area contributed by atoms with Crippen LogP contribution in [0.4, 0.5) is 0 Å². The van der Waals surface area contributed by atoms with E-state index in [-0.39, 0.29) is 30.4 Å². The van der Waals surface area contributed by atoms with Crippen LogP contribution in [0.25, 0.3) is 0 Å². The number of rotatable bonds is 6. The number of hydrazine groups is 1. The van der Waals surface area contributed by atoms with E-state index in [1.807, 2.05) is 5.43 Å². The SMILES string of the molecule is CCC(=O)OCOc1c(OC)ccnc1C(=O)NN. The number of aromatic nitrogens is 1. The molecule has 8 nitrogen and oxygen atoms in total. The molecule has 8 heteroatoms. The van der Waals surface area contributed by atoms with Crippen LogP contribution in [0.2, 0.25) is 0 Å². The maximum Gasteiger partial charge on any atom is 0.308 e. The molecule has 0 aromatic carbocycles. The normalized spacial score (nSPS) is 9.63. The molecule has 0 radical (unpaired) electrons. The van der Waals surface area contributed by atoms with Gasteiger partial charge in [-0.15, -0.1) is 0 Å². The highest BCUT2D eigenvalue weighted by molar-refractivity contribution is 5.95. The van der Waals surface area contributed by atoms with Crippen LogP contribution in [0.1, 0.15) is 23.8 Å². The van der Waals surface area contributed by atoms with E-state index in [9.17, 15) is 9.59 Å². The van der Waals surface area contributed by atoms with Crippen LogP contribution in [0.3, 0.4) is 0 Å². The van der Waals surface area contributed by atoms with Gasteiger partial charge in [0.1, 0.15) is 0 Å². The predicted molar refractivity (Wildman–Crippen MR) is 64.3 cm³/mol. The lowest BCUT2D eigenvalue weighted by atomic mass is 10.3. The fraction of sp³-hybridized carbons (Fsp3) is 0.364. The fourth-order valence-corrected chi connectivity index (χ4v) is 1.22. The molecule has 0 atom stereocenters. The van der Waals surface area contributed by atoms with Gasteiger partial charge in [-0.25, -0.2) is 10.8 Å². The highest BCUT2D eigenvalue weighted by atomic mass is 16.7. The molecule has 0 saturated carbocycles. The number of hydrogen-bond acceptors (Lipinski definition) is 7. The molecule has 0 saturated heterocycles. The van der Waals surface area contributed by atoms with Crippen molar-refractivity contribution in [2.24, 2.45) is 5.84 Å². The largest absolute Gasteiger partial charge is 0.493 e. The summed E-state index contributed by atoms with van der Waals surface area (Å²) in [6.07, 6.45) is 1.60. The third-order valence-corrected chi connectivity index (χ3v) is 2.15. The number of carbonyl (C=O) groups is 2. The lowest BCUT2D eigenvalue weighted by molar-refractivity contribution is -0.149. The molecule has 0 spiro atoms. The van der Waals surface area contributed by atoms with Crippen LogP contribution in [0.15, 0.2) is 12.3 Å². The maximum atomic E-state index is 11.5. The molecular formula is C11H15N3O5. The van der Waals surface area contributed by atoms with E-state index in [0.29, 0.717) is 0 Å². The Bertz CT molecular complexity index is 464. The number of pyridine rings is 1. The van der Waals surface area contributed by atoms with Crippen LogP contribution in [-0.4, -0.2) is 30.8 Å². The predicted octanol–water partition coefficient (Wildman–Crippen LogP) is -0.0168. The minimum atomic E-state index is -0.643. The summed E-state index contributed by atoms with van der Waals surface area (Å²) >= 11 is 0. The summed E-state index contributed by atoms with van der Waals surface area (Å²) in [5.74, 6) is 4.31. The average Bonchev–Trinajstić information content (AvgIpc) is 2.46. The first-order valence-electron chi connectivity index (χ1n) is 5.46. The topological polar surface area (TPSA) is 113 Å². The van der Waals surface area contributed by atoms with Gasteiger partial charge >= 0.3 is 5.97 Å². The number of hydrogen-bond donors (Lipinski definition) is 2. The van der Waals surface area contributed by atoms with Crippen molar-refractivity contribution in [1.82, 2.24) is 10.4 Å². The summed E-state index contributed by atoms with van der Waals surface area (Å²) in [6, 6.07) is 1.50. The van der Waals surface area contributed by atoms with Crippen molar-refractivity contribution in [2.45, 2.75) is 13.3 Å². The number of esters is 1. The van der Waals surface area contributed by atoms with Crippen LogP contribution in [0.5, 0.6) is 11.5 Å². The molecule has 104 valence electrons. The molecule has 19 heavy (non-hydrogen) atoms. The maximum absolute atomic E-state index is 11.5. The Morgan fingerprint density at radius 1 is 1.47 bits per heavy atom. The van der Waals surface area contributed by atoms with Crippen molar-refractivity contribution >= 4 is 11.9 Å². The number of nitrogens with one attached hydrogen (secondary N) is 1. The lowest BCUT2D eigenvalue weighted by Crippen LogP contribution is -2.31. The number of ether oxygens (including phenoxy) is 3. The Morgan fingerprint density at radius 3 is 2.79 bits per heavy atom. The summed E-state index contributed by atoms with van der Waals surface area (Å²) in [4.78, 5) is 26.3. The highest BCUT2D eigenvalue weighted by Crippen LogP contribution is 2.29. The molecule has 1 amide bonds. The van der Waals surface area contributed by atoms with Crippen molar-refractivity contribution in [2.75, 3.05) is 13.9 Å². The van der Waals surface area contributed by atoms with Crippen molar-refractivity contribution in [1.29, 1.82) is 0 Å². The van der Waals surface area contributed by atoms with Crippen molar-refractivity contribution in [3.05, 3.63) is 18.0 Å². The second-order valence-corrected chi connectivity index (χ2v) is 3.30. The molecule has 0 aliphatic rings. The zero-order valence-corrected chi connectivity index (χ0v) is 10.6. The zero-order chi connectivity index (χ0) is 14.3. The Balaban J connectivity index is 2.89. The Labute approximate surface area is 109 Å². The quantitative estimate of drug-likeness (QED) is 0.245. The van der Waals surface area contributed by atoms with Gasteiger partial charge in [-0.2, -0.15) is 0 Å². The van der Waals surface area contributed by atoms with E-state index in [4.69, 9.17) is 20.1 Å². The van der Waals surface area contributed by atoms with E-state index < -0.39 is 11.9 Å². The van der Waals surface area contributed by atoms with Gasteiger partial charge in [-0.3, -0.25) is 15.0 Å². The number of nitrogen functional groups attached to an aromatic ring is 1. The first-order chi connectivity index (χ1) is 9.13. The van der Waals surface area contributed by atoms with Gasteiger partial charge in [-0.05, 0) is 0 Å². The van der Waals surface area contributed by atoms with Crippen molar-refractivity contribution in [3.63, 3.8) is 0 Å². The number of nitrogens with two attached hydrogens (primary N) is 1. The standard InChI is InChI=1S/C11H15N3O5/c1-3-8(15)18-6-19-10-7(17-2)4-5-13-9(10)11(16)14-12/h4-5H,3,6,12H2,1-2H3,(H,14,16). The number of nitrogens with zero attached hydrogens (tertiary/aromatic N) is 1. The fourth-order valence-electron chi connectivity index (χ4n) is 1.22. The molecule has 1 rings (SSSR count). The summed E-state index contributed by atoms with van der Waals surface area (Å²) < 4.78 is 15.0. The number of amides is 1. The molecule has 1 aromatic rings. The van der Waals surface area contributed by atoms with Gasteiger partial charge in [0.05, 0.1) is 7.11 Å². The smallest absolute Gasteiger partial charge is 0.308 e. The minimum Gasteiger partial charge on any atom is -0.493 e. The highest BCUT2D eigenvalue weighted by Gasteiger charge is 2.18. The monoisotopic (exact) mass is 269 g/mol. The minimum absolute atomic E-state index is 0.0526. The van der Waals surface area contributed by atoms with Crippen LogP contribution in [0, 0.1) is 0 Å². The second-order valence-electron chi connectivity index (χ2n) is 3.30.